The fraction of sp³-hybridized carbons (Fsp3) is 0.105. The van der Waals surface area contributed by atoms with Gasteiger partial charge in [-0.05, 0) is 12.1 Å². The van der Waals surface area contributed by atoms with E-state index in [0.717, 1.165) is 5.39 Å². The molecule has 1 heterocycles. The van der Waals surface area contributed by atoms with Gasteiger partial charge < -0.3 is 11.1 Å². The van der Waals surface area contributed by atoms with Crippen LogP contribution in [0.2, 0.25) is 0 Å². The highest BCUT2D eigenvalue weighted by atomic mass is 19.1. The molecule has 1 atom stereocenters. The van der Waals surface area contributed by atoms with Crippen LogP contribution in [0.4, 0.5) is 13.2 Å². The van der Waals surface area contributed by atoms with E-state index < -0.39 is 40.9 Å². The van der Waals surface area contributed by atoms with E-state index >= 15 is 0 Å². The molecule has 3 rings (SSSR count). The lowest BCUT2D eigenvalue weighted by atomic mass is 10.1. The van der Waals surface area contributed by atoms with Crippen molar-refractivity contribution in [2.75, 3.05) is 0 Å². The average molecular weight is 373 g/mol. The first-order valence-electron chi connectivity index (χ1n) is 7.94. The number of nitrogens with zero attached hydrogens (tertiary/aromatic N) is 1. The molecule has 5 nitrogen and oxygen atoms in total. The highest BCUT2D eigenvalue weighted by molar-refractivity contribution is 5.97. The minimum atomic E-state index is -1.38. The molecule has 27 heavy (non-hydrogen) atoms. The fourth-order valence-electron chi connectivity index (χ4n) is 2.64. The molecule has 0 fully saturated rings. The Hall–Kier alpha value is -3.42. The second-order valence-corrected chi connectivity index (χ2v) is 5.87. The van der Waals surface area contributed by atoms with Gasteiger partial charge in [0.1, 0.15) is 29.1 Å². The number of para-hydroxylation sites is 1. The van der Waals surface area contributed by atoms with Crippen LogP contribution < -0.4 is 11.1 Å². The van der Waals surface area contributed by atoms with Gasteiger partial charge in [0.15, 0.2) is 0 Å². The SMILES string of the molecule is NC(=O)[C@H](Cc1ccc2ccccc2n1)NC(=O)c1c(F)cc(F)cc1F. The Labute approximate surface area is 152 Å². The molecular formula is C19H14F3N3O2. The predicted molar refractivity (Wildman–Crippen MR) is 92.2 cm³/mol. The molecule has 0 aliphatic heterocycles. The molecule has 0 aliphatic rings. The Bertz CT molecular complexity index is 1020. The molecule has 0 saturated carbocycles. The van der Waals surface area contributed by atoms with Gasteiger partial charge in [0.25, 0.3) is 5.91 Å². The van der Waals surface area contributed by atoms with Crippen LogP contribution in [-0.2, 0) is 11.2 Å². The van der Waals surface area contributed by atoms with Crippen molar-refractivity contribution in [3.8, 4) is 0 Å². The highest BCUT2D eigenvalue weighted by Crippen LogP contribution is 2.16. The van der Waals surface area contributed by atoms with Gasteiger partial charge in [0.2, 0.25) is 5.91 Å². The van der Waals surface area contributed by atoms with Crippen molar-refractivity contribution in [3.63, 3.8) is 0 Å². The molecule has 138 valence electrons. The maximum atomic E-state index is 13.7. The van der Waals surface area contributed by atoms with Crippen molar-refractivity contribution in [2.45, 2.75) is 12.5 Å². The van der Waals surface area contributed by atoms with E-state index in [2.05, 4.69) is 10.3 Å². The van der Waals surface area contributed by atoms with Gasteiger partial charge in [-0.25, -0.2) is 13.2 Å². The molecule has 3 aromatic rings. The lowest BCUT2D eigenvalue weighted by Crippen LogP contribution is -2.46. The van der Waals surface area contributed by atoms with Crippen molar-refractivity contribution in [1.82, 2.24) is 10.3 Å². The van der Waals surface area contributed by atoms with E-state index in [1.54, 1.807) is 24.3 Å². The number of nitrogens with one attached hydrogen (secondary N) is 1. The Morgan fingerprint density at radius 1 is 1.04 bits per heavy atom. The number of carbonyl (C=O) groups is 2. The predicted octanol–water partition coefficient (Wildman–Crippen LogP) is 2.48. The van der Waals surface area contributed by atoms with Crippen LogP contribution in [0.1, 0.15) is 16.1 Å². The normalized spacial score (nSPS) is 12.0. The number of amides is 2. The number of aromatic nitrogens is 1. The first-order valence-corrected chi connectivity index (χ1v) is 7.94. The summed E-state index contributed by atoms with van der Waals surface area (Å²) in [5, 5.41) is 3.06. The van der Waals surface area contributed by atoms with E-state index in [9.17, 15) is 22.8 Å². The van der Waals surface area contributed by atoms with Crippen LogP contribution in [-0.4, -0.2) is 22.8 Å². The Kier molecular flexibility index (Phi) is 5.07. The van der Waals surface area contributed by atoms with Gasteiger partial charge in [0, 0.05) is 29.6 Å². The first kappa shape index (κ1) is 18.4. The summed E-state index contributed by atoms with van der Waals surface area (Å²) in [5.41, 5.74) is 5.44. The second-order valence-electron chi connectivity index (χ2n) is 5.87. The van der Waals surface area contributed by atoms with Crippen LogP contribution in [0.5, 0.6) is 0 Å². The maximum Gasteiger partial charge on any atom is 0.257 e. The van der Waals surface area contributed by atoms with Gasteiger partial charge in [-0.3, -0.25) is 14.6 Å². The van der Waals surface area contributed by atoms with E-state index in [1.165, 1.54) is 0 Å². The largest absolute Gasteiger partial charge is 0.368 e. The van der Waals surface area contributed by atoms with Gasteiger partial charge in [-0.1, -0.05) is 24.3 Å². The topological polar surface area (TPSA) is 85.1 Å². The monoisotopic (exact) mass is 373 g/mol. The molecule has 2 amide bonds. The Morgan fingerprint density at radius 2 is 1.70 bits per heavy atom. The minimum absolute atomic E-state index is 0.0731. The second kappa shape index (κ2) is 7.45. The number of nitrogens with two attached hydrogens (primary N) is 1. The van der Waals surface area contributed by atoms with Crippen molar-refractivity contribution >= 4 is 22.7 Å². The molecule has 0 bridgehead atoms. The zero-order valence-electron chi connectivity index (χ0n) is 13.9. The quantitative estimate of drug-likeness (QED) is 0.721. The molecule has 0 spiro atoms. The van der Waals surface area contributed by atoms with Crippen LogP contribution in [0.25, 0.3) is 10.9 Å². The summed E-state index contributed by atoms with van der Waals surface area (Å²) in [6.45, 7) is 0. The third-order valence-electron chi connectivity index (χ3n) is 3.95. The number of fused-ring (bicyclic) bond motifs is 1. The summed E-state index contributed by atoms with van der Waals surface area (Å²) >= 11 is 0. The number of halogens is 3. The molecule has 0 aliphatic carbocycles. The lowest BCUT2D eigenvalue weighted by molar-refractivity contribution is -0.119. The van der Waals surface area contributed by atoms with Crippen LogP contribution in [0.15, 0.2) is 48.5 Å². The molecular weight excluding hydrogens is 359 g/mol. The number of hydrogen-bond donors (Lipinski definition) is 2. The standard InChI is InChI=1S/C19H14F3N3O2/c20-11-7-13(21)17(14(22)8-11)19(27)25-16(18(23)26)9-12-6-5-10-3-1-2-4-15(10)24-12/h1-8,16H,9H2,(H2,23,26)(H,25,27)/t16-/m0/s1. The van der Waals surface area contributed by atoms with Crippen LogP contribution in [0.3, 0.4) is 0 Å². The van der Waals surface area contributed by atoms with Gasteiger partial charge in [0.05, 0.1) is 5.52 Å². The molecule has 3 N–H and O–H groups in total. The number of rotatable bonds is 5. The Morgan fingerprint density at radius 3 is 2.37 bits per heavy atom. The summed E-state index contributed by atoms with van der Waals surface area (Å²) in [4.78, 5) is 28.2. The number of benzene rings is 2. The number of primary amides is 1. The smallest absolute Gasteiger partial charge is 0.257 e. The number of hydrogen-bond acceptors (Lipinski definition) is 3. The van der Waals surface area contributed by atoms with Crippen molar-refractivity contribution in [2.24, 2.45) is 5.73 Å². The summed E-state index contributed by atoms with van der Waals surface area (Å²) in [6.07, 6.45) is -0.0731. The average Bonchev–Trinajstić information content (AvgIpc) is 2.60. The Balaban J connectivity index is 1.83. The van der Waals surface area contributed by atoms with E-state index in [1.807, 2.05) is 12.1 Å². The third kappa shape index (κ3) is 4.05. The molecule has 0 unspecified atom stereocenters. The van der Waals surface area contributed by atoms with E-state index in [0.29, 0.717) is 23.3 Å². The minimum Gasteiger partial charge on any atom is -0.368 e. The molecule has 0 radical (unpaired) electrons. The molecule has 0 saturated heterocycles. The van der Waals surface area contributed by atoms with E-state index in [4.69, 9.17) is 5.73 Å². The third-order valence-corrected chi connectivity index (χ3v) is 3.95. The van der Waals surface area contributed by atoms with Crippen LogP contribution in [0, 0.1) is 17.5 Å². The van der Waals surface area contributed by atoms with Gasteiger partial charge >= 0.3 is 0 Å². The summed E-state index contributed by atoms with van der Waals surface area (Å²) in [7, 11) is 0. The first-order chi connectivity index (χ1) is 12.8. The fourth-order valence-corrected chi connectivity index (χ4v) is 2.64. The molecule has 1 aromatic heterocycles. The molecule has 8 heteroatoms. The summed E-state index contributed by atoms with van der Waals surface area (Å²) < 4.78 is 40.5. The van der Waals surface area contributed by atoms with Crippen molar-refractivity contribution in [3.05, 3.63) is 77.2 Å². The number of carbonyl (C=O) groups excluding carboxylic acids is 2. The molecule has 2 aromatic carbocycles. The van der Waals surface area contributed by atoms with Crippen molar-refractivity contribution < 1.29 is 22.8 Å². The zero-order chi connectivity index (χ0) is 19.6. The van der Waals surface area contributed by atoms with Gasteiger partial charge in [-0.15, -0.1) is 0 Å². The summed E-state index contributed by atoms with van der Waals surface area (Å²) in [6, 6.07) is 10.2. The highest BCUT2D eigenvalue weighted by Gasteiger charge is 2.25. The lowest BCUT2D eigenvalue weighted by Gasteiger charge is -2.16. The summed E-state index contributed by atoms with van der Waals surface area (Å²) in [5.74, 6) is -6.03. The van der Waals surface area contributed by atoms with Gasteiger partial charge in [-0.2, -0.15) is 0 Å². The number of pyridine rings is 1. The van der Waals surface area contributed by atoms with Crippen molar-refractivity contribution in [1.29, 1.82) is 0 Å². The maximum absolute atomic E-state index is 13.7. The van der Waals surface area contributed by atoms with E-state index in [-0.39, 0.29) is 6.42 Å². The van der Waals surface area contributed by atoms with Crippen LogP contribution >= 0.6 is 0 Å². The zero-order valence-corrected chi connectivity index (χ0v) is 13.9.